The maximum Gasteiger partial charge on any atom is 0.322 e. The zero-order chi connectivity index (χ0) is 15.4. The summed E-state index contributed by atoms with van der Waals surface area (Å²) in [5, 5.41) is 11.7. The van der Waals surface area contributed by atoms with Crippen LogP contribution in [-0.2, 0) is 0 Å². The lowest BCUT2D eigenvalue weighted by Crippen LogP contribution is -2.38. The van der Waals surface area contributed by atoms with Crippen molar-refractivity contribution in [2.75, 3.05) is 18.5 Å². The van der Waals surface area contributed by atoms with Crippen LogP contribution < -0.4 is 10.1 Å². The Balaban J connectivity index is 2.13. The Hall–Kier alpha value is -1.82. The summed E-state index contributed by atoms with van der Waals surface area (Å²) in [5.41, 5.74) is 0.303. The number of hydrogen-bond donors (Lipinski definition) is 2. The minimum atomic E-state index is -0.443. The molecule has 2 amide bonds. The van der Waals surface area contributed by atoms with Crippen LogP contribution in [0.4, 0.5) is 14.9 Å². The smallest absolute Gasteiger partial charge is 0.322 e. The number of amides is 2. The highest BCUT2D eigenvalue weighted by Gasteiger charge is 2.32. The van der Waals surface area contributed by atoms with Crippen molar-refractivity contribution in [2.45, 2.75) is 38.8 Å². The van der Waals surface area contributed by atoms with E-state index in [0.717, 1.165) is 12.8 Å². The highest BCUT2D eigenvalue weighted by molar-refractivity contribution is 5.91. The molecule has 1 aromatic rings. The molecule has 2 rings (SSSR count). The molecule has 0 heterocycles. The van der Waals surface area contributed by atoms with Crippen molar-refractivity contribution >= 4 is 11.7 Å². The van der Waals surface area contributed by atoms with E-state index in [1.54, 1.807) is 4.90 Å². The molecule has 0 radical (unpaired) electrons. The summed E-state index contributed by atoms with van der Waals surface area (Å²) < 4.78 is 19.0. The maximum atomic E-state index is 13.4. The molecule has 1 saturated carbocycles. The second-order valence-electron chi connectivity index (χ2n) is 5.39. The molecule has 116 valence electrons. The first-order valence-electron chi connectivity index (χ1n) is 7.16. The van der Waals surface area contributed by atoms with Gasteiger partial charge in [-0.15, -0.1) is 0 Å². The highest BCUT2D eigenvalue weighted by Crippen LogP contribution is 2.30. The van der Waals surface area contributed by atoms with E-state index in [-0.39, 0.29) is 31.3 Å². The predicted octanol–water partition coefficient (Wildman–Crippen LogP) is 2.60. The van der Waals surface area contributed by atoms with Crippen molar-refractivity contribution in [3.05, 3.63) is 24.0 Å². The maximum absolute atomic E-state index is 13.4. The number of carbonyl (C=O) groups excluding carboxylic acids is 1. The Morgan fingerprint density at radius 1 is 1.52 bits per heavy atom. The number of anilines is 1. The Labute approximate surface area is 123 Å². The molecule has 1 aromatic carbocycles. The third-order valence-corrected chi connectivity index (χ3v) is 3.14. The van der Waals surface area contributed by atoms with Crippen LogP contribution in [0, 0.1) is 5.82 Å². The van der Waals surface area contributed by atoms with Gasteiger partial charge in [0.15, 0.2) is 0 Å². The number of hydrogen-bond acceptors (Lipinski definition) is 3. The summed E-state index contributed by atoms with van der Waals surface area (Å²) in [5.74, 6) is -0.0129. The quantitative estimate of drug-likeness (QED) is 0.848. The van der Waals surface area contributed by atoms with E-state index in [2.05, 4.69) is 5.32 Å². The van der Waals surface area contributed by atoms with Crippen LogP contribution in [0.25, 0.3) is 0 Å². The fraction of sp³-hybridized carbons (Fsp3) is 0.533. The van der Waals surface area contributed by atoms with Crippen LogP contribution in [0.2, 0.25) is 0 Å². The fourth-order valence-electron chi connectivity index (χ4n) is 2.09. The predicted molar refractivity (Wildman–Crippen MR) is 78.0 cm³/mol. The van der Waals surface area contributed by atoms with Gasteiger partial charge in [-0.25, -0.2) is 9.18 Å². The summed E-state index contributed by atoms with van der Waals surface area (Å²) >= 11 is 0. The second kappa shape index (κ2) is 6.76. The standard InChI is InChI=1S/C15H21FN2O3/c1-10(2)21-14-6-3-11(16)9-13(14)17-15(20)18(7-8-19)12-4-5-12/h3,6,9-10,12,19H,4-5,7-8H2,1-2H3,(H,17,20). The Morgan fingerprint density at radius 2 is 2.24 bits per heavy atom. The van der Waals surface area contributed by atoms with Crippen LogP contribution in [0.3, 0.4) is 0 Å². The molecule has 0 spiro atoms. The van der Waals surface area contributed by atoms with E-state index >= 15 is 0 Å². The number of halogens is 1. The molecule has 1 aliphatic carbocycles. The first-order valence-corrected chi connectivity index (χ1v) is 7.16. The molecule has 6 heteroatoms. The van der Waals surface area contributed by atoms with Gasteiger partial charge in [-0.05, 0) is 38.8 Å². The second-order valence-corrected chi connectivity index (χ2v) is 5.39. The van der Waals surface area contributed by atoms with Gasteiger partial charge in [-0.2, -0.15) is 0 Å². The molecule has 0 bridgehead atoms. The molecule has 5 nitrogen and oxygen atoms in total. The molecule has 0 saturated heterocycles. The number of aliphatic hydroxyl groups excluding tert-OH is 1. The largest absolute Gasteiger partial charge is 0.489 e. The van der Waals surface area contributed by atoms with Gasteiger partial charge in [0.05, 0.1) is 18.4 Å². The van der Waals surface area contributed by atoms with Gasteiger partial charge >= 0.3 is 6.03 Å². The van der Waals surface area contributed by atoms with Gasteiger partial charge in [-0.1, -0.05) is 0 Å². The molecule has 0 aromatic heterocycles. The molecule has 2 N–H and O–H groups in total. The zero-order valence-electron chi connectivity index (χ0n) is 12.3. The van der Waals surface area contributed by atoms with Gasteiger partial charge in [0.2, 0.25) is 0 Å². The fourth-order valence-corrected chi connectivity index (χ4v) is 2.09. The molecule has 1 fully saturated rings. The molecule has 1 aliphatic rings. The minimum Gasteiger partial charge on any atom is -0.489 e. The van der Waals surface area contributed by atoms with Crippen LogP contribution in [-0.4, -0.2) is 41.3 Å². The topological polar surface area (TPSA) is 61.8 Å². The third-order valence-electron chi connectivity index (χ3n) is 3.14. The molecule has 21 heavy (non-hydrogen) atoms. The van der Waals surface area contributed by atoms with Gasteiger partial charge in [0.25, 0.3) is 0 Å². The monoisotopic (exact) mass is 296 g/mol. The van der Waals surface area contributed by atoms with Gasteiger partial charge < -0.3 is 20.1 Å². The number of benzene rings is 1. The average Bonchev–Trinajstić information content (AvgIpc) is 3.23. The van der Waals surface area contributed by atoms with Crippen LogP contribution in [0.1, 0.15) is 26.7 Å². The first kappa shape index (κ1) is 15.6. The van der Waals surface area contributed by atoms with E-state index in [0.29, 0.717) is 11.4 Å². The van der Waals surface area contributed by atoms with E-state index < -0.39 is 5.82 Å². The van der Waals surface area contributed by atoms with Crippen LogP contribution in [0.5, 0.6) is 5.75 Å². The van der Waals surface area contributed by atoms with Crippen LogP contribution in [0.15, 0.2) is 18.2 Å². The van der Waals surface area contributed by atoms with Crippen molar-refractivity contribution < 1.29 is 19.0 Å². The van der Waals surface area contributed by atoms with Crippen molar-refractivity contribution in [2.24, 2.45) is 0 Å². The number of ether oxygens (including phenoxy) is 1. The van der Waals surface area contributed by atoms with Gasteiger partial charge in [0.1, 0.15) is 11.6 Å². The van der Waals surface area contributed by atoms with Crippen molar-refractivity contribution in [3.63, 3.8) is 0 Å². The molecule has 0 unspecified atom stereocenters. The Morgan fingerprint density at radius 3 is 2.81 bits per heavy atom. The number of urea groups is 1. The van der Waals surface area contributed by atoms with Crippen LogP contribution >= 0.6 is 0 Å². The highest BCUT2D eigenvalue weighted by atomic mass is 19.1. The SMILES string of the molecule is CC(C)Oc1ccc(F)cc1NC(=O)N(CCO)C1CC1. The first-order chi connectivity index (χ1) is 10.0. The van der Waals surface area contributed by atoms with E-state index in [9.17, 15) is 9.18 Å². The number of nitrogens with zero attached hydrogens (tertiary/aromatic N) is 1. The third kappa shape index (κ3) is 4.32. The summed E-state index contributed by atoms with van der Waals surface area (Å²) in [6, 6.07) is 3.85. The van der Waals surface area contributed by atoms with E-state index in [1.807, 2.05) is 13.8 Å². The summed E-state index contributed by atoms with van der Waals surface area (Å²) in [4.78, 5) is 13.8. The molecule has 0 atom stereocenters. The minimum absolute atomic E-state index is 0.0805. The Bertz CT molecular complexity index is 504. The van der Waals surface area contributed by atoms with Crippen molar-refractivity contribution in [1.82, 2.24) is 4.90 Å². The van der Waals surface area contributed by atoms with Crippen molar-refractivity contribution in [3.8, 4) is 5.75 Å². The number of nitrogens with one attached hydrogen (secondary N) is 1. The van der Waals surface area contributed by atoms with Gasteiger partial charge in [0, 0.05) is 18.7 Å². The number of rotatable bonds is 6. The molecular formula is C15H21FN2O3. The number of carbonyl (C=O) groups is 1. The van der Waals surface area contributed by atoms with Gasteiger partial charge in [-0.3, -0.25) is 0 Å². The lowest BCUT2D eigenvalue weighted by molar-refractivity contribution is 0.184. The number of aliphatic hydroxyl groups is 1. The normalized spacial score (nSPS) is 14.1. The average molecular weight is 296 g/mol. The lowest BCUT2D eigenvalue weighted by atomic mass is 10.2. The summed E-state index contributed by atoms with van der Waals surface area (Å²) in [6.07, 6.45) is 1.79. The lowest BCUT2D eigenvalue weighted by Gasteiger charge is -2.23. The zero-order valence-corrected chi connectivity index (χ0v) is 12.3. The van der Waals surface area contributed by atoms with E-state index in [4.69, 9.17) is 9.84 Å². The molecular weight excluding hydrogens is 275 g/mol. The van der Waals surface area contributed by atoms with Crippen molar-refractivity contribution in [1.29, 1.82) is 0 Å². The summed E-state index contributed by atoms with van der Waals surface area (Å²) in [7, 11) is 0. The van der Waals surface area contributed by atoms with E-state index in [1.165, 1.54) is 18.2 Å². The summed E-state index contributed by atoms with van der Waals surface area (Å²) in [6.45, 7) is 3.89. The Kier molecular flexibility index (Phi) is 5.01. The molecule has 0 aliphatic heterocycles.